The zero-order chi connectivity index (χ0) is 16.8. The topological polar surface area (TPSA) is 50.4 Å². The third kappa shape index (κ3) is 5.49. The van der Waals surface area contributed by atoms with Gasteiger partial charge in [-0.25, -0.2) is 0 Å². The van der Waals surface area contributed by atoms with Crippen molar-refractivity contribution in [2.45, 2.75) is 6.92 Å². The second-order valence-corrected chi connectivity index (χ2v) is 6.41. The molecule has 0 saturated heterocycles. The minimum absolute atomic E-state index is 0.124. The Morgan fingerprint density at radius 3 is 2.74 bits per heavy atom. The van der Waals surface area contributed by atoms with E-state index in [1.54, 1.807) is 18.2 Å². The van der Waals surface area contributed by atoms with Crippen LogP contribution in [0, 0.1) is 6.92 Å². The summed E-state index contributed by atoms with van der Waals surface area (Å²) in [5.41, 5.74) is 1.57. The van der Waals surface area contributed by atoms with Crippen molar-refractivity contribution in [3.63, 3.8) is 0 Å². The Balaban J connectivity index is 1.85. The number of aryl methyl sites for hydroxylation is 1. The van der Waals surface area contributed by atoms with Crippen LogP contribution >= 0.6 is 39.7 Å². The fourth-order valence-corrected chi connectivity index (χ4v) is 2.71. The Hall–Kier alpha value is -1.63. The van der Waals surface area contributed by atoms with Crippen LogP contribution in [-0.2, 0) is 4.79 Å². The van der Waals surface area contributed by atoms with Gasteiger partial charge in [0.2, 0.25) is 0 Å². The quantitative estimate of drug-likeness (QED) is 0.734. The molecule has 0 aliphatic rings. The molecule has 0 atom stereocenters. The number of thiocarbonyl (C=S) groups is 1. The monoisotopic (exact) mass is 412 g/mol. The fourth-order valence-electron chi connectivity index (χ4n) is 1.77. The van der Waals surface area contributed by atoms with Crippen LogP contribution in [0.1, 0.15) is 5.56 Å². The highest BCUT2D eigenvalue weighted by Gasteiger charge is 2.08. The normalized spacial score (nSPS) is 10.0. The molecule has 2 rings (SSSR count). The summed E-state index contributed by atoms with van der Waals surface area (Å²) in [6.07, 6.45) is 0. The first kappa shape index (κ1) is 17.7. The van der Waals surface area contributed by atoms with E-state index in [-0.39, 0.29) is 17.6 Å². The zero-order valence-corrected chi connectivity index (χ0v) is 15.4. The number of nitrogens with one attached hydrogen (secondary N) is 2. The predicted molar refractivity (Wildman–Crippen MR) is 100 cm³/mol. The van der Waals surface area contributed by atoms with Gasteiger partial charge < -0.3 is 10.1 Å². The van der Waals surface area contributed by atoms with Gasteiger partial charge in [-0.05, 0) is 49.0 Å². The molecule has 0 spiro atoms. The standard InChI is InChI=1S/C16H14BrClN2O2S/c1-10-4-2-3-5-14(10)22-9-15(21)20-16(23)19-13-7-6-11(17)8-12(13)18/h2-8H,9H2,1H3,(H2,19,20,21,23). The number of halogens is 2. The van der Waals surface area contributed by atoms with Crippen molar-refractivity contribution < 1.29 is 9.53 Å². The molecule has 2 aromatic carbocycles. The summed E-state index contributed by atoms with van der Waals surface area (Å²) < 4.78 is 6.31. The van der Waals surface area contributed by atoms with Gasteiger partial charge in [0.1, 0.15) is 5.75 Å². The van der Waals surface area contributed by atoms with Crippen LogP contribution in [-0.4, -0.2) is 17.6 Å². The Morgan fingerprint density at radius 1 is 1.30 bits per heavy atom. The highest BCUT2D eigenvalue weighted by Crippen LogP contribution is 2.25. The maximum Gasteiger partial charge on any atom is 0.264 e. The number of carbonyl (C=O) groups excluding carboxylic acids is 1. The molecule has 0 heterocycles. The lowest BCUT2D eigenvalue weighted by Gasteiger charge is -2.12. The third-order valence-corrected chi connectivity index (χ3v) is 3.89. The number of ether oxygens (including phenoxy) is 1. The molecule has 7 heteroatoms. The van der Waals surface area contributed by atoms with Crippen molar-refractivity contribution in [1.29, 1.82) is 0 Å². The maximum atomic E-state index is 11.9. The van der Waals surface area contributed by atoms with Crippen molar-refractivity contribution in [2.75, 3.05) is 11.9 Å². The molecule has 2 N–H and O–H groups in total. The molecule has 0 bridgehead atoms. The van der Waals surface area contributed by atoms with Crippen LogP contribution < -0.4 is 15.4 Å². The van der Waals surface area contributed by atoms with Gasteiger partial charge in [0, 0.05) is 4.47 Å². The molecule has 0 aliphatic heterocycles. The van der Waals surface area contributed by atoms with Crippen molar-refractivity contribution >= 4 is 56.5 Å². The largest absolute Gasteiger partial charge is 0.483 e. The summed E-state index contributed by atoms with van der Waals surface area (Å²) >= 11 is 14.5. The van der Waals surface area contributed by atoms with Crippen LogP contribution in [0.25, 0.3) is 0 Å². The summed E-state index contributed by atoms with van der Waals surface area (Å²) in [7, 11) is 0. The summed E-state index contributed by atoms with van der Waals surface area (Å²) in [4.78, 5) is 11.9. The van der Waals surface area contributed by atoms with E-state index in [0.29, 0.717) is 16.5 Å². The number of hydrogen-bond acceptors (Lipinski definition) is 3. The highest BCUT2D eigenvalue weighted by atomic mass is 79.9. The zero-order valence-electron chi connectivity index (χ0n) is 12.2. The van der Waals surface area contributed by atoms with Crippen molar-refractivity contribution in [2.24, 2.45) is 0 Å². The fraction of sp³-hybridized carbons (Fsp3) is 0.125. The Labute approximate surface area is 153 Å². The van der Waals surface area contributed by atoms with Crippen LogP contribution in [0.2, 0.25) is 5.02 Å². The van der Waals surface area contributed by atoms with Crippen molar-refractivity contribution in [1.82, 2.24) is 5.32 Å². The van der Waals surface area contributed by atoms with Gasteiger partial charge in [-0.1, -0.05) is 45.7 Å². The first-order valence-corrected chi connectivity index (χ1v) is 8.28. The molecule has 0 saturated carbocycles. The molecule has 0 aliphatic carbocycles. The number of amides is 1. The van der Waals surface area contributed by atoms with E-state index in [1.165, 1.54) is 0 Å². The number of benzene rings is 2. The predicted octanol–water partition coefficient (Wildman–Crippen LogP) is 4.30. The number of anilines is 1. The summed E-state index contributed by atoms with van der Waals surface area (Å²) in [6.45, 7) is 1.79. The van der Waals surface area contributed by atoms with Gasteiger partial charge in [-0.15, -0.1) is 0 Å². The van der Waals surface area contributed by atoms with Gasteiger partial charge in [0.25, 0.3) is 5.91 Å². The van der Waals surface area contributed by atoms with Gasteiger partial charge >= 0.3 is 0 Å². The minimum Gasteiger partial charge on any atom is -0.483 e. The molecule has 0 fully saturated rings. The average molecular weight is 414 g/mol. The third-order valence-electron chi connectivity index (χ3n) is 2.88. The molecule has 4 nitrogen and oxygen atoms in total. The molecule has 0 aromatic heterocycles. The Morgan fingerprint density at radius 2 is 2.04 bits per heavy atom. The van der Waals surface area contributed by atoms with Crippen molar-refractivity contribution in [3.05, 3.63) is 57.5 Å². The molecule has 120 valence electrons. The summed E-state index contributed by atoms with van der Waals surface area (Å²) in [6, 6.07) is 12.8. The lowest BCUT2D eigenvalue weighted by atomic mass is 10.2. The molecule has 1 amide bonds. The average Bonchev–Trinajstić information content (AvgIpc) is 2.49. The van der Waals surface area contributed by atoms with E-state index in [4.69, 9.17) is 28.6 Å². The van der Waals surface area contributed by atoms with E-state index in [2.05, 4.69) is 26.6 Å². The number of hydrogen-bond donors (Lipinski definition) is 2. The molecule has 23 heavy (non-hydrogen) atoms. The van der Waals surface area contributed by atoms with Crippen LogP contribution in [0.4, 0.5) is 5.69 Å². The molecule has 2 aromatic rings. The highest BCUT2D eigenvalue weighted by molar-refractivity contribution is 9.10. The van der Waals surface area contributed by atoms with Gasteiger partial charge in [0.15, 0.2) is 11.7 Å². The van der Waals surface area contributed by atoms with Gasteiger partial charge in [-0.2, -0.15) is 0 Å². The first-order chi connectivity index (χ1) is 11.0. The SMILES string of the molecule is Cc1ccccc1OCC(=O)NC(=S)Nc1ccc(Br)cc1Cl. The van der Waals surface area contributed by atoms with E-state index in [9.17, 15) is 4.79 Å². The molecular formula is C16H14BrClN2O2S. The van der Waals surface area contributed by atoms with E-state index in [1.807, 2.05) is 31.2 Å². The summed E-state index contributed by atoms with van der Waals surface area (Å²) in [5.74, 6) is 0.316. The smallest absolute Gasteiger partial charge is 0.264 e. The number of rotatable bonds is 4. The van der Waals surface area contributed by atoms with Crippen LogP contribution in [0.5, 0.6) is 5.75 Å². The first-order valence-electron chi connectivity index (χ1n) is 6.70. The van der Waals surface area contributed by atoms with E-state index in [0.717, 1.165) is 10.0 Å². The van der Waals surface area contributed by atoms with Gasteiger partial charge in [0.05, 0.1) is 10.7 Å². The number of carbonyl (C=O) groups is 1. The van der Waals surface area contributed by atoms with Gasteiger partial charge in [-0.3, -0.25) is 10.1 Å². The minimum atomic E-state index is -0.348. The summed E-state index contributed by atoms with van der Waals surface area (Å²) in [5, 5.41) is 6.07. The van der Waals surface area contributed by atoms with E-state index >= 15 is 0 Å². The molecule has 0 radical (unpaired) electrons. The Bertz CT molecular complexity index is 740. The Kier molecular flexibility index (Phi) is 6.38. The van der Waals surface area contributed by atoms with Crippen molar-refractivity contribution in [3.8, 4) is 5.75 Å². The van der Waals surface area contributed by atoms with E-state index < -0.39 is 0 Å². The lowest BCUT2D eigenvalue weighted by molar-refractivity contribution is -0.121. The molecular weight excluding hydrogens is 400 g/mol. The second kappa shape index (κ2) is 8.29. The lowest BCUT2D eigenvalue weighted by Crippen LogP contribution is -2.37. The number of para-hydroxylation sites is 1. The molecule has 0 unspecified atom stereocenters. The maximum absolute atomic E-state index is 11.9. The van der Waals surface area contributed by atoms with Crippen LogP contribution in [0.3, 0.4) is 0 Å². The second-order valence-electron chi connectivity index (χ2n) is 4.68. The van der Waals surface area contributed by atoms with Crippen LogP contribution in [0.15, 0.2) is 46.9 Å².